The Labute approximate surface area is 201 Å². The van der Waals surface area contributed by atoms with E-state index in [0.29, 0.717) is 36.4 Å². The van der Waals surface area contributed by atoms with Crippen molar-refractivity contribution >= 4 is 62.6 Å². The summed E-state index contributed by atoms with van der Waals surface area (Å²) in [5.41, 5.74) is 2.08. The Morgan fingerprint density at radius 1 is 1.03 bits per heavy atom. The van der Waals surface area contributed by atoms with Crippen LogP contribution in [0.5, 0.6) is 5.75 Å². The molecule has 0 spiro atoms. The highest BCUT2D eigenvalue weighted by molar-refractivity contribution is 9.10. The summed E-state index contributed by atoms with van der Waals surface area (Å²) in [6.45, 7) is 0.310. The van der Waals surface area contributed by atoms with Gasteiger partial charge in [-0.3, -0.25) is 10.1 Å². The Kier molecular flexibility index (Phi) is 8.15. The fourth-order valence-electron chi connectivity index (χ4n) is 2.55. The number of halogens is 4. The van der Waals surface area contributed by atoms with Gasteiger partial charge in [0.05, 0.1) is 20.6 Å². The molecule has 0 fully saturated rings. The van der Waals surface area contributed by atoms with Crippen LogP contribution in [0.1, 0.15) is 16.7 Å². The molecule has 0 aliphatic rings. The lowest BCUT2D eigenvalue weighted by atomic mass is 10.2. The number of nitro benzene ring substituents is 1. The molecule has 0 aliphatic heterocycles. The van der Waals surface area contributed by atoms with Crippen molar-refractivity contribution in [3.63, 3.8) is 0 Å². The first-order valence-corrected chi connectivity index (χ1v) is 10.7. The molecule has 6 nitrogen and oxygen atoms in total. The van der Waals surface area contributed by atoms with E-state index in [1.807, 2.05) is 0 Å². The lowest BCUT2D eigenvalue weighted by molar-refractivity contribution is -0.384. The van der Waals surface area contributed by atoms with Gasteiger partial charge in [-0.05, 0) is 51.3 Å². The third kappa shape index (κ3) is 6.58. The van der Waals surface area contributed by atoms with Gasteiger partial charge in [-0.2, -0.15) is 0 Å². The molecular formula is C21H14BrCl3N2O4. The molecule has 0 N–H and O–H groups in total. The molecular weight excluding hydrogens is 531 g/mol. The van der Waals surface area contributed by atoms with E-state index in [1.165, 1.54) is 18.3 Å². The normalized spacial score (nSPS) is 11.0. The molecule has 31 heavy (non-hydrogen) atoms. The number of nitro groups is 1. The lowest BCUT2D eigenvalue weighted by Gasteiger charge is -2.12. The van der Waals surface area contributed by atoms with Gasteiger partial charge in [0, 0.05) is 27.7 Å². The molecule has 3 aromatic rings. The molecule has 0 unspecified atom stereocenters. The predicted octanol–water partition coefficient (Wildman–Crippen LogP) is 7.45. The van der Waals surface area contributed by atoms with Crippen LogP contribution in [-0.4, -0.2) is 11.1 Å². The van der Waals surface area contributed by atoms with Gasteiger partial charge in [0.2, 0.25) is 0 Å². The first kappa shape index (κ1) is 23.3. The highest BCUT2D eigenvalue weighted by Gasteiger charge is 2.11. The number of hydrogen-bond acceptors (Lipinski definition) is 5. The van der Waals surface area contributed by atoms with Gasteiger partial charge in [-0.25, -0.2) is 0 Å². The number of rotatable bonds is 8. The molecule has 0 bridgehead atoms. The second kappa shape index (κ2) is 10.8. The predicted molar refractivity (Wildman–Crippen MR) is 125 cm³/mol. The largest absolute Gasteiger partial charge is 0.486 e. The van der Waals surface area contributed by atoms with Gasteiger partial charge in [-0.15, -0.1) is 0 Å². The maximum Gasteiger partial charge on any atom is 0.269 e. The summed E-state index contributed by atoms with van der Waals surface area (Å²) >= 11 is 21.9. The molecule has 0 aliphatic carbocycles. The van der Waals surface area contributed by atoms with Crippen LogP contribution in [0.15, 0.2) is 64.2 Å². The molecule has 10 heteroatoms. The standard InChI is InChI=1S/C21H14BrCl3N2O4/c22-18-7-14(10-26-31-11-13-2-1-3-17(6-13)27(28)29)8-20(25)21(18)30-12-15-4-5-16(23)9-19(15)24/h1-10H,11-12H2/b26-10-. The van der Waals surface area contributed by atoms with Crippen molar-refractivity contribution in [2.45, 2.75) is 13.2 Å². The van der Waals surface area contributed by atoms with Crippen molar-refractivity contribution in [1.29, 1.82) is 0 Å². The van der Waals surface area contributed by atoms with Gasteiger partial charge < -0.3 is 9.57 Å². The Bertz CT molecular complexity index is 1120. The smallest absolute Gasteiger partial charge is 0.269 e. The van der Waals surface area contributed by atoms with Crippen LogP contribution in [0.4, 0.5) is 5.69 Å². The summed E-state index contributed by atoms with van der Waals surface area (Å²) in [5.74, 6) is 0.461. The summed E-state index contributed by atoms with van der Waals surface area (Å²) in [6.07, 6.45) is 1.48. The number of nitrogens with zero attached hydrogens (tertiary/aromatic N) is 2. The maximum atomic E-state index is 10.8. The number of ether oxygens (including phenoxy) is 1. The van der Waals surface area contributed by atoms with Gasteiger partial charge in [-0.1, -0.05) is 58.2 Å². The van der Waals surface area contributed by atoms with E-state index in [2.05, 4.69) is 21.1 Å². The van der Waals surface area contributed by atoms with E-state index in [1.54, 1.807) is 42.5 Å². The molecule has 0 atom stereocenters. The summed E-state index contributed by atoms with van der Waals surface area (Å²) < 4.78 is 6.44. The second-order valence-electron chi connectivity index (χ2n) is 6.27. The third-order valence-electron chi connectivity index (χ3n) is 4.04. The summed E-state index contributed by atoms with van der Waals surface area (Å²) in [7, 11) is 0. The van der Waals surface area contributed by atoms with E-state index >= 15 is 0 Å². The van der Waals surface area contributed by atoms with Crippen molar-refractivity contribution in [3.8, 4) is 5.75 Å². The molecule has 0 saturated heterocycles. The van der Waals surface area contributed by atoms with Crippen LogP contribution in [0.2, 0.25) is 15.1 Å². The lowest BCUT2D eigenvalue weighted by Crippen LogP contribution is -1.98. The highest BCUT2D eigenvalue weighted by atomic mass is 79.9. The fourth-order valence-corrected chi connectivity index (χ4v) is 4.00. The topological polar surface area (TPSA) is 74.0 Å². The monoisotopic (exact) mass is 542 g/mol. The van der Waals surface area contributed by atoms with Crippen LogP contribution in [-0.2, 0) is 18.1 Å². The molecule has 0 saturated carbocycles. The van der Waals surface area contributed by atoms with Gasteiger partial charge in [0.25, 0.3) is 5.69 Å². The quantitative estimate of drug-likeness (QED) is 0.168. The summed E-state index contributed by atoms with van der Waals surface area (Å²) in [6, 6.07) is 14.8. The first-order chi connectivity index (χ1) is 14.8. The third-order valence-corrected chi connectivity index (χ3v) is 5.49. The molecule has 0 aromatic heterocycles. The number of non-ortho nitro benzene ring substituents is 1. The minimum absolute atomic E-state index is 0.00346. The van der Waals surface area contributed by atoms with E-state index in [-0.39, 0.29) is 18.9 Å². The zero-order chi connectivity index (χ0) is 22.4. The highest BCUT2D eigenvalue weighted by Crippen LogP contribution is 2.35. The fraction of sp³-hybridized carbons (Fsp3) is 0.0952. The number of oxime groups is 1. The summed E-state index contributed by atoms with van der Waals surface area (Å²) in [5, 5.41) is 16.1. The second-order valence-corrected chi connectivity index (χ2v) is 8.38. The van der Waals surface area contributed by atoms with Crippen LogP contribution >= 0.6 is 50.7 Å². The Morgan fingerprint density at radius 2 is 1.84 bits per heavy atom. The zero-order valence-electron chi connectivity index (χ0n) is 15.7. The number of hydrogen-bond donors (Lipinski definition) is 0. The first-order valence-electron chi connectivity index (χ1n) is 8.78. The molecule has 160 valence electrons. The number of benzene rings is 3. The van der Waals surface area contributed by atoms with E-state index < -0.39 is 4.92 Å². The van der Waals surface area contributed by atoms with Crippen LogP contribution < -0.4 is 4.74 Å². The van der Waals surface area contributed by atoms with E-state index in [0.717, 1.165) is 5.56 Å². The van der Waals surface area contributed by atoms with Gasteiger partial charge in [0.1, 0.15) is 13.2 Å². The van der Waals surface area contributed by atoms with Crippen LogP contribution in [0, 0.1) is 10.1 Å². The van der Waals surface area contributed by atoms with Crippen LogP contribution in [0.25, 0.3) is 0 Å². The van der Waals surface area contributed by atoms with Crippen molar-refractivity contribution < 1.29 is 14.5 Å². The van der Waals surface area contributed by atoms with Crippen molar-refractivity contribution in [2.75, 3.05) is 0 Å². The van der Waals surface area contributed by atoms with E-state index in [4.69, 9.17) is 44.4 Å². The summed E-state index contributed by atoms with van der Waals surface area (Å²) in [4.78, 5) is 15.6. The average Bonchev–Trinajstić information content (AvgIpc) is 2.72. The van der Waals surface area contributed by atoms with Gasteiger partial charge in [0.15, 0.2) is 5.75 Å². The SMILES string of the molecule is O=[N+]([O-])c1cccc(CO/N=C\c2cc(Cl)c(OCc3ccc(Cl)cc3Cl)c(Br)c2)c1. The molecule has 0 amide bonds. The average molecular weight is 545 g/mol. The van der Waals surface area contributed by atoms with Crippen LogP contribution in [0.3, 0.4) is 0 Å². The molecule has 0 heterocycles. The molecule has 3 rings (SSSR count). The van der Waals surface area contributed by atoms with E-state index in [9.17, 15) is 10.1 Å². The minimum atomic E-state index is -0.462. The van der Waals surface area contributed by atoms with Crippen molar-refractivity contribution in [3.05, 3.63) is 101 Å². The Hall–Kier alpha value is -2.32. The van der Waals surface area contributed by atoms with Gasteiger partial charge >= 0.3 is 0 Å². The minimum Gasteiger partial charge on any atom is -0.486 e. The maximum absolute atomic E-state index is 10.8. The van der Waals surface area contributed by atoms with Crippen molar-refractivity contribution in [1.82, 2.24) is 0 Å². The Morgan fingerprint density at radius 3 is 2.55 bits per heavy atom. The molecule has 3 aromatic carbocycles. The Balaban J connectivity index is 1.61. The molecule has 0 radical (unpaired) electrons. The van der Waals surface area contributed by atoms with Crippen molar-refractivity contribution in [2.24, 2.45) is 5.16 Å². The zero-order valence-corrected chi connectivity index (χ0v) is 19.6.